The van der Waals surface area contributed by atoms with Crippen LogP contribution in [0.1, 0.15) is 0 Å². The first-order valence-corrected chi connectivity index (χ1v) is 10.5. The molecule has 0 spiro atoms. The predicted octanol–water partition coefficient (Wildman–Crippen LogP) is 3.88. The molecule has 0 aliphatic carbocycles. The van der Waals surface area contributed by atoms with E-state index in [4.69, 9.17) is 15.0 Å². The molecule has 6 nitrogen and oxygen atoms in total. The topological polar surface area (TPSA) is 86.7 Å². The second kappa shape index (κ2) is 7.54. The SMILES string of the molecule is C=CCOc1ccc(-c2nn3ccccc3c2-c2ccc(S(N)(=O)=O)cc2)cc1. The third-order valence-electron chi connectivity index (χ3n) is 4.51. The third-order valence-corrected chi connectivity index (χ3v) is 5.44. The Labute approximate surface area is 168 Å². The summed E-state index contributed by atoms with van der Waals surface area (Å²) >= 11 is 0. The largest absolute Gasteiger partial charge is 0.490 e. The summed E-state index contributed by atoms with van der Waals surface area (Å²) in [5, 5.41) is 9.96. The van der Waals surface area contributed by atoms with Crippen LogP contribution in [-0.2, 0) is 10.0 Å². The molecule has 29 heavy (non-hydrogen) atoms. The fraction of sp³-hybridized carbons (Fsp3) is 0.0455. The highest BCUT2D eigenvalue weighted by Gasteiger charge is 2.17. The number of hydrogen-bond donors (Lipinski definition) is 1. The molecule has 2 aromatic heterocycles. The third kappa shape index (κ3) is 3.78. The number of primary sulfonamides is 1. The van der Waals surface area contributed by atoms with Gasteiger partial charge in [0.05, 0.1) is 10.4 Å². The van der Waals surface area contributed by atoms with E-state index >= 15 is 0 Å². The molecule has 2 heterocycles. The minimum Gasteiger partial charge on any atom is -0.490 e. The van der Waals surface area contributed by atoms with E-state index in [2.05, 4.69) is 6.58 Å². The summed E-state index contributed by atoms with van der Waals surface area (Å²) in [5.41, 5.74) is 4.38. The minimum atomic E-state index is -3.75. The van der Waals surface area contributed by atoms with Crippen molar-refractivity contribution in [2.24, 2.45) is 5.14 Å². The van der Waals surface area contributed by atoms with Crippen molar-refractivity contribution in [3.8, 4) is 28.1 Å². The number of hydrogen-bond acceptors (Lipinski definition) is 4. The standard InChI is InChI=1S/C22H19N3O3S/c1-2-15-28-18-10-6-17(7-11-18)22-21(20-5-3-4-14-25(20)24-22)16-8-12-19(13-9-16)29(23,26)27/h2-14H,1,15H2,(H2,23,26,27). The molecule has 0 aliphatic rings. The van der Waals surface area contributed by atoms with Crippen molar-refractivity contribution in [2.45, 2.75) is 4.90 Å². The number of sulfonamides is 1. The summed E-state index contributed by atoms with van der Waals surface area (Å²) in [5.74, 6) is 0.747. The lowest BCUT2D eigenvalue weighted by Gasteiger charge is -2.07. The zero-order valence-corrected chi connectivity index (χ0v) is 16.3. The van der Waals surface area contributed by atoms with Crippen molar-refractivity contribution in [3.63, 3.8) is 0 Å². The number of benzene rings is 2. The van der Waals surface area contributed by atoms with Crippen molar-refractivity contribution < 1.29 is 13.2 Å². The van der Waals surface area contributed by atoms with Gasteiger partial charge in [-0.25, -0.2) is 18.1 Å². The Balaban J connectivity index is 1.84. The number of aromatic nitrogens is 2. The Morgan fingerprint density at radius 3 is 2.34 bits per heavy atom. The molecule has 2 N–H and O–H groups in total. The molecule has 0 aliphatic heterocycles. The fourth-order valence-electron chi connectivity index (χ4n) is 3.16. The van der Waals surface area contributed by atoms with Gasteiger partial charge in [-0.2, -0.15) is 5.10 Å². The van der Waals surface area contributed by atoms with Crippen LogP contribution in [0.5, 0.6) is 5.75 Å². The molecule has 0 atom stereocenters. The Hall–Kier alpha value is -3.42. The maximum Gasteiger partial charge on any atom is 0.238 e. The van der Waals surface area contributed by atoms with Gasteiger partial charge in [0.25, 0.3) is 0 Å². The molecule has 0 amide bonds. The monoisotopic (exact) mass is 405 g/mol. The first kappa shape index (κ1) is 18.9. The summed E-state index contributed by atoms with van der Waals surface area (Å²) in [6.07, 6.45) is 3.57. The molecule has 0 unspecified atom stereocenters. The molecule has 0 fully saturated rings. The van der Waals surface area contributed by atoms with Crippen LogP contribution in [-0.4, -0.2) is 24.6 Å². The van der Waals surface area contributed by atoms with Gasteiger partial charge in [0.2, 0.25) is 10.0 Å². The molecular weight excluding hydrogens is 386 g/mol. The molecule has 7 heteroatoms. The molecular formula is C22H19N3O3S. The number of fused-ring (bicyclic) bond motifs is 1. The van der Waals surface area contributed by atoms with Crippen molar-refractivity contribution in [3.05, 3.63) is 85.6 Å². The van der Waals surface area contributed by atoms with E-state index < -0.39 is 10.0 Å². The smallest absolute Gasteiger partial charge is 0.238 e. The molecule has 146 valence electrons. The maximum atomic E-state index is 11.6. The van der Waals surface area contributed by atoms with Gasteiger partial charge in [0.15, 0.2) is 0 Å². The van der Waals surface area contributed by atoms with Gasteiger partial charge in [-0.3, -0.25) is 0 Å². The maximum absolute atomic E-state index is 11.6. The Bertz CT molecular complexity index is 1280. The van der Waals surface area contributed by atoms with E-state index in [1.54, 1.807) is 22.7 Å². The highest BCUT2D eigenvalue weighted by Crippen LogP contribution is 2.36. The van der Waals surface area contributed by atoms with E-state index in [0.717, 1.165) is 33.7 Å². The van der Waals surface area contributed by atoms with Crippen LogP contribution in [0.2, 0.25) is 0 Å². The number of ether oxygens (including phenoxy) is 1. The minimum absolute atomic E-state index is 0.0722. The molecule has 2 aromatic carbocycles. The van der Waals surface area contributed by atoms with Gasteiger partial charge in [-0.1, -0.05) is 30.9 Å². The number of rotatable bonds is 6. The van der Waals surface area contributed by atoms with Crippen LogP contribution in [0.4, 0.5) is 0 Å². The van der Waals surface area contributed by atoms with E-state index in [9.17, 15) is 8.42 Å². The van der Waals surface area contributed by atoms with Crippen LogP contribution in [0.15, 0.2) is 90.5 Å². The van der Waals surface area contributed by atoms with Gasteiger partial charge >= 0.3 is 0 Å². The van der Waals surface area contributed by atoms with E-state index in [0.29, 0.717) is 6.61 Å². The van der Waals surface area contributed by atoms with Gasteiger partial charge in [0.1, 0.15) is 18.1 Å². The summed E-state index contributed by atoms with van der Waals surface area (Å²) in [6.45, 7) is 4.09. The molecule has 4 rings (SSSR count). The van der Waals surface area contributed by atoms with E-state index in [1.807, 2.05) is 48.7 Å². The van der Waals surface area contributed by atoms with Crippen molar-refractivity contribution in [1.29, 1.82) is 0 Å². The quantitative estimate of drug-likeness (QED) is 0.493. The second-order valence-electron chi connectivity index (χ2n) is 6.45. The summed E-state index contributed by atoms with van der Waals surface area (Å²) in [6, 6.07) is 20.0. The van der Waals surface area contributed by atoms with Crippen molar-refractivity contribution >= 4 is 15.5 Å². The molecule has 0 bridgehead atoms. The highest BCUT2D eigenvalue weighted by atomic mass is 32.2. The lowest BCUT2D eigenvalue weighted by Crippen LogP contribution is -2.11. The van der Waals surface area contributed by atoms with Crippen LogP contribution in [0, 0.1) is 0 Å². The number of nitrogens with two attached hydrogens (primary N) is 1. The van der Waals surface area contributed by atoms with Crippen molar-refractivity contribution in [2.75, 3.05) is 6.61 Å². The van der Waals surface area contributed by atoms with Gasteiger partial charge in [-0.15, -0.1) is 0 Å². The number of nitrogens with zero attached hydrogens (tertiary/aromatic N) is 2. The predicted molar refractivity (Wildman–Crippen MR) is 113 cm³/mol. The lowest BCUT2D eigenvalue weighted by atomic mass is 10.00. The molecule has 0 radical (unpaired) electrons. The molecule has 0 saturated heterocycles. The average molecular weight is 405 g/mol. The van der Waals surface area contributed by atoms with Crippen molar-refractivity contribution in [1.82, 2.24) is 9.61 Å². The average Bonchev–Trinajstić information content (AvgIpc) is 3.11. The van der Waals surface area contributed by atoms with Crippen LogP contribution in [0.3, 0.4) is 0 Å². The number of pyridine rings is 1. The lowest BCUT2D eigenvalue weighted by molar-refractivity contribution is 0.363. The van der Waals surface area contributed by atoms with Crippen LogP contribution < -0.4 is 9.88 Å². The Morgan fingerprint density at radius 2 is 1.69 bits per heavy atom. The van der Waals surface area contributed by atoms with Gasteiger partial charge in [-0.05, 0) is 54.1 Å². The van der Waals surface area contributed by atoms with Gasteiger partial charge < -0.3 is 4.74 Å². The van der Waals surface area contributed by atoms with E-state index in [-0.39, 0.29) is 4.90 Å². The van der Waals surface area contributed by atoms with Gasteiger partial charge in [0, 0.05) is 17.3 Å². The summed E-state index contributed by atoms with van der Waals surface area (Å²) in [4.78, 5) is 0.0722. The summed E-state index contributed by atoms with van der Waals surface area (Å²) in [7, 11) is -3.75. The zero-order valence-electron chi connectivity index (χ0n) is 15.5. The molecule has 4 aromatic rings. The van der Waals surface area contributed by atoms with Crippen LogP contribution >= 0.6 is 0 Å². The fourth-order valence-corrected chi connectivity index (χ4v) is 3.68. The second-order valence-corrected chi connectivity index (χ2v) is 8.01. The molecule has 0 saturated carbocycles. The first-order chi connectivity index (χ1) is 14.0. The zero-order chi connectivity index (χ0) is 20.4. The summed E-state index contributed by atoms with van der Waals surface area (Å²) < 4.78 is 30.5. The Kier molecular flexibility index (Phi) is 4.92. The Morgan fingerprint density at radius 1 is 1.00 bits per heavy atom. The first-order valence-electron chi connectivity index (χ1n) is 8.92. The highest BCUT2D eigenvalue weighted by molar-refractivity contribution is 7.89. The van der Waals surface area contributed by atoms with Crippen LogP contribution in [0.25, 0.3) is 27.9 Å². The normalized spacial score (nSPS) is 11.5. The van der Waals surface area contributed by atoms with E-state index in [1.165, 1.54) is 12.1 Å².